The van der Waals surface area contributed by atoms with Gasteiger partial charge in [0.25, 0.3) is 0 Å². The van der Waals surface area contributed by atoms with Crippen molar-refractivity contribution >= 4 is 22.6 Å². The zero-order chi connectivity index (χ0) is 9.84. The zero-order valence-corrected chi connectivity index (χ0v) is 10.6. The van der Waals surface area contributed by atoms with E-state index in [2.05, 4.69) is 46.2 Å². The summed E-state index contributed by atoms with van der Waals surface area (Å²) >= 11 is 2.37. The van der Waals surface area contributed by atoms with E-state index in [4.69, 9.17) is 0 Å². The summed E-state index contributed by atoms with van der Waals surface area (Å²) in [4.78, 5) is 4.78. The van der Waals surface area contributed by atoms with E-state index in [1.807, 2.05) is 0 Å². The molecule has 13 heavy (non-hydrogen) atoms. The van der Waals surface area contributed by atoms with Gasteiger partial charge in [-0.25, -0.2) is 0 Å². The summed E-state index contributed by atoms with van der Waals surface area (Å²) in [6, 6.07) is 0.943. The number of aliphatic hydroxyl groups is 1. The third-order valence-corrected chi connectivity index (χ3v) is 3.61. The molecular weight excluding hydrogens is 279 g/mol. The molecule has 1 aliphatic rings. The van der Waals surface area contributed by atoms with Crippen LogP contribution in [0.4, 0.5) is 0 Å². The molecule has 0 radical (unpaired) electrons. The highest BCUT2D eigenvalue weighted by Crippen LogP contribution is 2.13. The first-order valence-electron chi connectivity index (χ1n) is 4.84. The summed E-state index contributed by atoms with van der Waals surface area (Å²) in [5, 5.41) is 9.22. The fourth-order valence-electron chi connectivity index (χ4n) is 1.72. The number of nitrogens with zero attached hydrogens (tertiary/aromatic N) is 2. The average Bonchev–Trinajstić information content (AvgIpc) is 2.16. The van der Waals surface area contributed by atoms with Crippen molar-refractivity contribution < 1.29 is 5.11 Å². The van der Waals surface area contributed by atoms with Crippen LogP contribution >= 0.6 is 22.6 Å². The maximum atomic E-state index is 9.22. The molecule has 0 bridgehead atoms. The molecule has 3 nitrogen and oxygen atoms in total. The monoisotopic (exact) mass is 298 g/mol. The van der Waals surface area contributed by atoms with Gasteiger partial charge in [-0.3, -0.25) is 9.80 Å². The molecule has 0 aliphatic carbocycles. The van der Waals surface area contributed by atoms with Crippen LogP contribution in [-0.2, 0) is 0 Å². The maximum absolute atomic E-state index is 9.22. The molecule has 0 aromatic heterocycles. The molecular formula is C9H19IN2O. The molecule has 0 aromatic rings. The number of hydrogen-bond acceptors (Lipinski definition) is 3. The quantitative estimate of drug-likeness (QED) is 0.473. The van der Waals surface area contributed by atoms with E-state index in [9.17, 15) is 5.11 Å². The minimum atomic E-state index is 0.284. The highest BCUT2D eigenvalue weighted by atomic mass is 127. The van der Waals surface area contributed by atoms with Crippen LogP contribution in [0.1, 0.15) is 13.8 Å². The SMILES string of the molecule is CC(C)N1CCN(CI)[C@H](CO)C1. The van der Waals surface area contributed by atoms with Crippen molar-refractivity contribution in [2.75, 3.05) is 30.8 Å². The van der Waals surface area contributed by atoms with Gasteiger partial charge in [0, 0.05) is 31.7 Å². The van der Waals surface area contributed by atoms with E-state index < -0.39 is 0 Å². The number of alkyl halides is 1. The van der Waals surface area contributed by atoms with Crippen molar-refractivity contribution in [3.8, 4) is 0 Å². The number of piperazine rings is 1. The Bertz CT molecular complexity index is 155. The summed E-state index contributed by atoms with van der Waals surface area (Å²) < 4.78 is 1.02. The second kappa shape index (κ2) is 5.48. The molecule has 4 heteroatoms. The van der Waals surface area contributed by atoms with Gasteiger partial charge in [-0.15, -0.1) is 0 Å². The van der Waals surface area contributed by atoms with E-state index >= 15 is 0 Å². The standard InChI is InChI=1S/C9H19IN2O/c1-8(2)11-3-4-12(7-10)9(5-11)6-13/h8-9,13H,3-7H2,1-2H3/t9-/m0/s1. The van der Waals surface area contributed by atoms with Crippen LogP contribution in [0.25, 0.3) is 0 Å². The van der Waals surface area contributed by atoms with Crippen LogP contribution < -0.4 is 0 Å². The molecule has 0 unspecified atom stereocenters. The molecule has 78 valence electrons. The summed E-state index contributed by atoms with van der Waals surface area (Å²) in [6.07, 6.45) is 0. The predicted molar refractivity (Wildman–Crippen MR) is 63.2 cm³/mol. The van der Waals surface area contributed by atoms with Gasteiger partial charge in [0.1, 0.15) is 0 Å². The van der Waals surface area contributed by atoms with Crippen LogP contribution in [-0.4, -0.2) is 57.8 Å². The molecule has 0 amide bonds. The molecule has 0 aromatic carbocycles. The van der Waals surface area contributed by atoms with E-state index in [1.165, 1.54) is 0 Å². The maximum Gasteiger partial charge on any atom is 0.0599 e. The highest BCUT2D eigenvalue weighted by Gasteiger charge is 2.26. The van der Waals surface area contributed by atoms with Crippen LogP contribution in [0.2, 0.25) is 0 Å². The van der Waals surface area contributed by atoms with Crippen LogP contribution in [0, 0.1) is 0 Å². The summed E-state index contributed by atoms with van der Waals surface area (Å²) in [6.45, 7) is 7.95. The van der Waals surface area contributed by atoms with E-state index in [0.29, 0.717) is 12.1 Å². The number of rotatable bonds is 3. The normalized spacial score (nSPS) is 27.0. The van der Waals surface area contributed by atoms with Gasteiger partial charge < -0.3 is 5.11 Å². The Kier molecular flexibility index (Phi) is 4.93. The van der Waals surface area contributed by atoms with Crippen molar-refractivity contribution in [1.82, 2.24) is 9.80 Å². The molecule has 0 saturated carbocycles. The number of hydrogen-bond donors (Lipinski definition) is 1. The van der Waals surface area contributed by atoms with Gasteiger partial charge >= 0.3 is 0 Å². The van der Waals surface area contributed by atoms with Gasteiger partial charge in [0.05, 0.1) is 11.2 Å². The first-order valence-corrected chi connectivity index (χ1v) is 6.36. The van der Waals surface area contributed by atoms with Crippen LogP contribution in [0.5, 0.6) is 0 Å². The van der Waals surface area contributed by atoms with Crippen molar-refractivity contribution in [2.24, 2.45) is 0 Å². The Balaban J connectivity index is 2.47. The summed E-state index contributed by atoms with van der Waals surface area (Å²) in [5.41, 5.74) is 0. The topological polar surface area (TPSA) is 26.7 Å². The van der Waals surface area contributed by atoms with E-state index in [1.54, 1.807) is 0 Å². The minimum Gasteiger partial charge on any atom is -0.395 e. The lowest BCUT2D eigenvalue weighted by Gasteiger charge is -2.41. The third kappa shape index (κ3) is 3.04. The Hall–Kier alpha value is 0.610. The van der Waals surface area contributed by atoms with Crippen molar-refractivity contribution in [3.63, 3.8) is 0 Å². The molecule has 1 aliphatic heterocycles. The largest absolute Gasteiger partial charge is 0.395 e. The Labute approximate surface area is 94.2 Å². The van der Waals surface area contributed by atoms with Crippen molar-refractivity contribution in [2.45, 2.75) is 25.9 Å². The van der Waals surface area contributed by atoms with Gasteiger partial charge in [-0.05, 0) is 13.8 Å². The molecule has 1 N–H and O–H groups in total. The predicted octanol–water partition coefficient (Wildman–Crippen LogP) is 0.766. The first kappa shape index (κ1) is 11.7. The van der Waals surface area contributed by atoms with Gasteiger partial charge in [-0.2, -0.15) is 0 Å². The molecule has 1 fully saturated rings. The smallest absolute Gasteiger partial charge is 0.0599 e. The van der Waals surface area contributed by atoms with Gasteiger partial charge in [0.15, 0.2) is 0 Å². The summed E-state index contributed by atoms with van der Waals surface area (Å²) in [7, 11) is 0. The fraction of sp³-hybridized carbons (Fsp3) is 1.00. The second-order valence-corrected chi connectivity index (χ2v) is 4.54. The molecule has 1 atom stereocenters. The highest BCUT2D eigenvalue weighted by molar-refractivity contribution is 14.1. The van der Waals surface area contributed by atoms with E-state index in [-0.39, 0.29) is 6.61 Å². The number of halogens is 1. The van der Waals surface area contributed by atoms with Gasteiger partial charge in [0.2, 0.25) is 0 Å². The van der Waals surface area contributed by atoms with Crippen LogP contribution in [0.15, 0.2) is 0 Å². The molecule has 0 spiro atoms. The second-order valence-electron chi connectivity index (χ2n) is 3.86. The zero-order valence-electron chi connectivity index (χ0n) is 8.41. The lowest BCUT2D eigenvalue weighted by molar-refractivity contribution is 0.0411. The summed E-state index contributed by atoms with van der Waals surface area (Å²) in [5.74, 6) is 0. The molecule has 1 heterocycles. The Morgan fingerprint density at radius 1 is 1.46 bits per heavy atom. The molecule has 1 saturated heterocycles. The minimum absolute atomic E-state index is 0.284. The number of aliphatic hydroxyl groups excluding tert-OH is 1. The molecule has 1 rings (SSSR count). The van der Waals surface area contributed by atoms with Crippen molar-refractivity contribution in [3.05, 3.63) is 0 Å². The Morgan fingerprint density at radius 3 is 2.62 bits per heavy atom. The van der Waals surface area contributed by atoms with Gasteiger partial charge in [-0.1, -0.05) is 22.6 Å². The fourth-order valence-corrected chi connectivity index (χ4v) is 2.61. The third-order valence-electron chi connectivity index (χ3n) is 2.73. The van der Waals surface area contributed by atoms with Crippen molar-refractivity contribution in [1.29, 1.82) is 0 Å². The lowest BCUT2D eigenvalue weighted by Crippen LogP contribution is -2.55. The lowest BCUT2D eigenvalue weighted by atomic mass is 10.1. The van der Waals surface area contributed by atoms with E-state index in [0.717, 1.165) is 24.2 Å². The average molecular weight is 298 g/mol. The van der Waals surface area contributed by atoms with Crippen LogP contribution in [0.3, 0.4) is 0 Å². The Morgan fingerprint density at radius 2 is 2.15 bits per heavy atom. The first-order chi connectivity index (χ1) is 6.19.